The quantitative estimate of drug-likeness (QED) is 0.373. The average molecular weight is 480 g/mol. The van der Waals surface area contributed by atoms with E-state index in [2.05, 4.69) is 21.8 Å². The second kappa shape index (κ2) is 9.08. The lowest BCUT2D eigenvalue weighted by molar-refractivity contribution is 0.0984. The smallest absolute Gasteiger partial charge is 0.279 e. The molecule has 0 aliphatic rings. The van der Waals surface area contributed by atoms with Gasteiger partial charge in [0, 0.05) is 23.7 Å². The highest BCUT2D eigenvalue weighted by molar-refractivity contribution is 7.90. The van der Waals surface area contributed by atoms with Gasteiger partial charge in [0.2, 0.25) is 0 Å². The first-order valence-corrected chi connectivity index (χ1v) is 12.7. The van der Waals surface area contributed by atoms with Crippen molar-refractivity contribution < 1.29 is 13.2 Å². The molecule has 0 radical (unpaired) electrons. The number of aryl methyl sites for hydroxylation is 1. The lowest BCUT2D eigenvalue weighted by atomic mass is 10.2. The number of nitrogens with zero attached hydrogens (tertiary/aromatic N) is 5. The van der Waals surface area contributed by atoms with Crippen molar-refractivity contribution in [1.29, 1.82) is 0 Å². The summed E-state index contributed by atoms with van der Waals surface area (Å²) in [6, 6.07) is 15.8. The predicted octanol–water partition coefficient (Wildman–Crippen LogP) is 3.94. The molecule has 0 saturated carbocycles. The van der Waals surface area contributed by atoms with Crippen LogP contribution >= 0.6 is 11.3 Å². The summed E-state index contributed by atoms with van der Waals surface area (Å²) in [6.45, 7) is 5.74. The van der Waals surface area contributed by atoms with Crippen molar-refractivity contribution in [2.45, 2.75) is 11.8 Å². The highest BCUT2D eigenvalue weighted by Gasteiger charge is 2.25. The molecule has 2 aromatic heterocycles. The van der Waals surface area contributed by atoms with Gasteiger partial charge in [0.25, 0.3) is 5.91 Å². The third-order valence-corrected chi connectivity index (χ3v) is 6.82. The molecule has 0 atom stereocenters. The van der Waals surface area contributed by atoms with Crippen LogP contribution in [0.25, 0.3) is 16.9 Å². The zero-order valence-electron chi connectivity index (χ0n) is 18.0. The van der Waals surface area contributed by atoms with E-state index in [0.717, 1.165) is 17.5 Å². The van der Waals surface area contributed by atoms with Gasteiger partial charge in [-0.25, -0.2) is 13.4 Å². The van der Waals surface area contributed by atoms with Gasteiger partial charge in [-0.2, -0.15) is 9.90 Å². The Balaban J connectivity index is 1.63. The number of rotatable bonds is 7. The Hall–Kier alpha value is -3.63. The van der Waals surface area contributed by atoms with Crippen LogP contribution in [0.5, 0.6) is 0 Å². The average Bonchev–Trinajstić information content (AvgIpc) is 3.44. The van der Waals surface area contributed by atoms with E-state index >= 15 is 0 Å². The molecule has 0 N–H and O–H groups in total. The number of hydrogen-bond acceptors (Lipinski definition) is 7. The van der Waals surface area contributed by atoms with Crippen molar-refractivity contribution in [3.63, 3.8) is 0 Å². The van der Waals surface area contributed by atoms with E-state index in [1.54, 1.807) is 37.3 Å². The standard InChI is InChI=1S/C23H21N5O3S2/c1-4-14-27(22(29)21-16(2)25-28(26-21)18-8-6-5-7-9-18)23-24-20(15-32-23)17-10-12-19(13-11-17)33(3,30)31/h4-13,15H,1,14H2,2-3H3. The SMILES string of the molecule is C=CCN(C(=O)c1nn(-c2ccccc2)nc1C)c1nc(-c2ccc(S(C)(=O)=O)cc2)cs1. The fraction of sp³-hybridized carbons (Fsp3) is 0.130. The minimum absolute atomic E-state index is 0.231. The molecule has 2 heterocycles. The molecule has 33 heavy (non-hydrogen) atoms. The lowest BCUT2D eigenvalue weighted by Crippen LogP contribution is -2.32. The number of sulfone groups is 1. The molecule has 4 rings (SSSR count). The maximum atomic E-state index is 13.4. The van der Waals surface area contributed by atoms with Gasteiger partial charge in [-0.1, -0.05) is 36.4 Å². The molecule has 10 heteroatoms. The van der Waals surface area contributed by atoms with Gasteiger partial charge < -0.3 is 0 Å². The molecule has 0 fully saturated rings. The second-order valence-electron chi connectivity index (χ2n) is 7.28. The molecular weight excluding hydrogens is 458 g/mol. The number of thiazole rings is 1. The number of aromatic nitrogens is 4. The van der Waals surface area contributed by atoms with Gasteiger partial charge >= 0.3 is 0 Å². The van der Waals surface area contributed by atoms with Crippen LogP contribution in [0, 0.1) is 6.92 Å². The molecule has 1 amide bonds. The van der Waals surface area contributed by atoms with Crippen LogP contribution in [0.15, 0.2) is 77.5 Å². The molecule has 0 aliphatic carbocycles. The van der Waals surface area contributed by atoms with E-state index in [4.69, 9.17) is 0 Å². The van der Waals surface area contributed by atoms with Gasteiger partial charge in [0.05, 0.1) is 22.0 Å². The molecule has 168 valence electrons. The maximum absolute atomic E-state index is 13.4. The van der Waals surface area contributed by atoms with E-state index in [0.29, 0.717) is 16.5 Å². The molecular formula is C23H21N5O3S2. The molecule has 0 aliphatic heterocycles. The molecule has 0 spiro atoms. The van der Waals surface area contributed by atoms with Crippen molar-refractivity contribution in [3.8, 4) is 16.9 Å². The van der Waals surface area contributed by atoms with E-state index in [1.807, 2.05) is 35.7 Å². The Morgan fingerprint density at radius 3 is 2.45 bits per heavy atom. The van der Waals surface area contributed by atoms with Gasteiger partial charge in [-0.05, 0) is 31.2 Å². The largest absolute Gasteiger partial charge is 0.282 e. The summed E-state index contributed by atoms with van der Waals surface area (Å²) >= 11 is 1.31. The highest BCUT2D eigenvalue weighted by Crippen LogP contribution is 2.29. The predicted molar refractivity (Wildman–Crippen MR) is 129 cm³/mol. The van der Waals surface area contributed by atoms with E-state index < -0.39 is 9.84 Å². The number of hydrogen-bond donors (Lipinski definition) is 0. The maximum Gasteiger partial charge on any atom is 0.282 e. The van der Waals surface area contributed by atoms with E-state index in [-0.39, 0.29) is 23.0 Å². The summed E-state index contributed by atoms with van der Waals surface area (Å²) in [5, 5.41) is 11.1. The van der Waals surface area contributed by atoms with Gasteiger partial charge in [0.1, 0.15) is 0 Å². The van der Waals surface area contributed by atoms with Crippen molar-refractivity contribution in [2.24, 2.45) is 0 Å². The topological polar surface area (TPSA) is 98.1 Å². The van der Waals surface area contributed by atoms with Crippen LogP contribution in [0.2, 0.25) is 0 Å². The first kappa shape index (κ1) is 22.6. The summed E-state index contributed by atoms with van der Waals surface area (Å²) in [5.41, 5.74) is 2.88. The lowest BCUT2D eigenvalue weighted by Gasteiger charge is -2.16. The molecule has 0 saturated heterocycles. The van der Waals surface area contributed by atoms with Gasteiger partial charge in [0.15, 0.2) is 20.7 Å². The van der Waals surface area contributed by atoms with Crippen LogP contribution in [0.4, 0.5) is 5.13 Å². The van der Waals surface area contributed by atoms with Crippen LogP contribution in [-0.4, -0.2) is 47.1 Å². The Morgan fingerprint density at radius 1 is 1.12 bits per heavy atom. The van der Waals surface area contributed by atoms with Crippen molar-refractivity contribution in [2.75, 3.05) is 17.7 Å². The number of benzene rings is 2. The van der Waals surface area contributed by atoms with Gasteiger partial charge in [-0.3, -0.25) is 9.69 Å². The molecule has 0 bridgehead atoms. The number of para-hydroxylation sites is 1. The highest BCUT2D eigenvalue weighted by atomic mass is 32.2. The van der Waals surface area contributed by atoms with Crippen LogP contribution in [0.1, 0.15) is 16.2 Å². The molecule has 0 unspecified atom stereocenters. The van der Waals surface area contributed by atoms with Crippen molar-refractivity contribution in [3.05, 3.63) is 84.0 Å². The fourth-order valence-electron chi connectivity index (χ4n) is 3.15. The summed E-state index contributed by atoms with van der Waals surface area (Å²) in [4.78, 5) is 21.1. The van der Waals surface area contributed by atoms with E-state index in [1.165, 1.54) is 21.0 Å². The first-order valence-electron chi connectivity index (χ1n) is 9.96. The molecule has 4 aromatic rings. The Labute approximate surface area is 195 Å². The normalized spacial score (nSPS) is 11.3. The summed E-state index contributed by atoms with van der Waals surface area (Å²) in [6.07, 6.45) is 2.79. The Morgan fingerprint density at radius 2 is 1.82 bits per heavy atom. The van der Waals surface area contributed by atoms with Gasteiger partial charge in [-0.15, -0.1) is 23.0 Å². The fourth-order valence-corrected chi connectivity index (χ4v) is 4.62. The monoisotopic (exact) mass is 479 g/mol. The Kier molecular flexibility index (Phi) is 6.21. The number of amides is 1. The van der Waals surface area contributed by atoms with Crippen LogP contribution in [-0.2, 0) is 9.84 Å². The summed E-state index contributed by atoms with van der Waals surface area (Å²) in [5.74, 6) is -0.331. The molecule has 8 nitrogen and oxygen atoms in total. The van der Waals surface area contributed by atoms with Crippen LogP contribution in [0.3, 0.4) is 0 Å². The van der Waals surface area contributed by atoms with Crippen molar-refractivity contribution in [1.82, 2.24) is 20.0 Å². The molecule has 2 aromatic carbocycles. The minimum atomic E-state index is -3.28. The van der Waals surface area contributed by atoms with Crippen molar-refractivity contribution >= 4 is 32.2 Å². The number of carbonyl (C=O) groups is 1. The Bertz CT molecular complexity index is 1410. The zero-order valence-corrected chi connectivity index (χ0v) is 19.7. The number of anilines is 1. The zero-order chi connectivity index (χ0) is 23.6. The summed E-state index contributed by atoms with van der Waals surface area (Å²) < 4.78 is 23.4. The third-order valence-electron chi connectivity index (χ3n) is 4.83. The van der Waals surface area contributed by atoms with E-state index in [9.17, 15) is 13.2 Å². The summed E-state index contributed by atoms with van der Waals surface area (Å²) in [7, 11) is -3.28. The third kappa shape index (κ3) is 4.76. The first-order chi connectivity index (χ1) is 15.8. The second-order valence-corrected chi connectivity index (χ2v) is 10.1. The minimum Gasteiger partial charge on any atom is -0.279 e. The number of carbonyl (C=O) groups excluding carboxylic acids is 1. The van der Waals surface area contributed by atoms with Crippen LogP contribution < -0.4 is 4.90 Å².